The lowest BCUT2D eigenvalue weighted by atomic mass is 10.0. The Labute approximate surface area is 332 Å². The van der Waals surface area contributed by atoms with Gasteiger partial charge in [0.05, 0.1) is 25.4 Å². The zero-order chi connectivity index (χ0) is 43.7. The van der Waals surface area contributed by atoms with Crippen molar-refractivity contribution < 1.29 is 58.5 Å². The van der Waals surface area contributed by atoms with Crippen LogP contribution >= 0.6 is 0 Å². The molecule has 8 amide bonds. The number of nitrogens with zero attached hydrogens (tertiary/aromatic N) is 1. The Morgan fingerprint density at radius 1 is 0.690 bits per heavy atom. The molecule has 0 saturated heterocycles. The van der Waals surface area contributed by atoms with Crippen LogP contribution in [0.1, 0.15) is 51.3 Å². The fraction of sp³-hybridized carbons (Fsp3) is 0.486. The first kappa shape index (κ1) is 47.5. The summed E-state index contributed by atoms with van der Waals surface area (Å²) in [6.07, 6.45) is 0.560. The SMILES string of the molecule is CC(C)[C@H](NC(=O)[C@H](C)N)C(=O)N[C@@H](Cc1cnc[nH]1)C(=O)N[C@@H](Cc1ccc(O)cc1)C(=O)N[C@@H](CCC(N)=O)C(=O)N[C@@H](CO)C(=O)N[C@@H](CC(N)=O)C(=O)O. The molecule has 16 N–H and O–H groups in total. The van der Waals surface area contributed by atoms with E-state index in [0.717, 1.165) is 0 Å². The number of H-pyrrole nitrogens is 1. The van der Waals surface area contributed by atoms with Gasteiger partial charge in [-0.25, -0.2) is 9.78 Å². The van der Waals surface area contributed by atoms with Crippen molar-refractivity contribution in [3.63, 3.8) is 0 Å². The number of primary amides is 2. The fourth-order valence-corrected chi connectivity index (χ4v) is 5.22. The number of aliphatic hydroxyl groups excluding tert-OH is 1. The van der Waals surface area contributed by atoms with Gasteiger partial charge in [0.1, 0.15) is 42.0 Å². The van der Waals surface area contributed by atoms with Gasteiger partial charge in [0.15, 0.2) is 0 Å². The van der Waals surface area contributed by atoms with Gasteiger partial charge in [0.2, 0.25) is 47.3 Å². The number of aliphatic hydroxyl groups is 1. The number of benzene rings is 1. The third-order valence-electron chi connectivity index (χ3n) is 8.43. The first-order chi connectivity index (χ1) is 27.2. The van der Waals surface area contributed by atoms with E-state index in [2.05, 4.69) is 36.6 Å². The molecule has 1 heterocycles. The molecule has 0 saturated carbocycles. The summed E-state index contributed by atoms with van der Waals surface area (Å²) in [5, 5.41) is 43.2. The van der Waals surface area contributed by atoms with Gasteiger partial charge in [-0.05, 0) is 37.0 Å². The van der Waals surface area contributed by atoms with Crippen molar-refractivity contribution in [3.05, 3.63) is 48.0 Å². The number of hydrogen-bond acceptors (Lipinski definition) is 13. The number of aliphatic carboxylic acids is 1. The highest BCUT2D eigenvalue weighted by Gasteiger charge is 2.34. The summed E-state index contributed by atoms with van der Waals surface area (Å²) in [5.74, 6) is -9.82. The average molecular weight is 818 g/mol. The third kappa shape index (κ3) is 15.9. The maximum atomic E-state index is 14.0. The number of nitrogens with one attached hydrogen (secondary N) is 7. The van der Waals surface area contributed by atoms with E-state index in [1.807, 2.05) is 5.32 Å². The Hall–Kier alpha value is -6.62. The lowest BCUT2D eigenvalue weighted by Crippen LogP contribution is -2.61. The number of rotatable bonds is 24. The Kier molecular flexibility index (Phi) is 18.7. The van der Waals surface area contributed by atoms with Crippen molar-refractivity contribution >= 4 is 53.2 Å². The molecule has 23 heteroatoms. The van der Waals surface area contributed by atoms with Crippen LogP contribution in [0.15, 0.2) is 36.8 Å². The standard InChI is InChI=1S/C35H51N11O12/c1-16(2)28(46-29(51)17(3)36)34(56)43-23(11-19-13-39-15-40-19)32(54)42-22(10-18-4-6-20(48)7-5-18)31(53)41-21(8-9-26(37)49)30(52)45-25(14-47)33(55)44-24(35(57)58)12-27(38)50/h4-7,13,15-17,21-25,28,47-48H,8-12,14,36H2,1-3H3,(H2,37,49)(H2,38,50)(H,39,40)(H,41,53)(H,42,54)(H,43,56)(H,44,55)(H,45,52)(H,46,51)(H,57,58)/t17-,21-,22-,23-,24-,25-,28-/m0/s1. The maximum Gasteiger partial charge on any atom is 0.326 e. The molecule has 0 aliphatic carbocycles. The summed E-state index contributed by atoms with van der Waals surface area (Å²) >= 11 is 0. The van der Waals surface area contributed by atoms with Gasteiger partial charge >= 0.3 is 5.97 Å². The summed E-state index contributed by atoms with van der Waals surface area (Å²) in [6.45, 7) is 3.66. The van der Waals surface area contributed by atoms with Crippen LogP contribution in [0.25, 0.3) is 0 Å². The lowest BCUT2D eigenvalue weighted by molar-refractivity contribution is -0.144. The van der Waals surface area contributed by atoms with Gasteiger partial charge in [-0.15, -0.1) is 0 Å². The zero-order valence-corrected chi connectivity index (χ0v) is 32.0. The number of carbonyl (C=O) groups is 9. The number of aromatic amines is 1. The van der Waals surface area contributed by atoms with Crippen molar-refractivity contribution in [2.24, 2.45) is 23.1 Å². The third-order valence-corrected chi connectivity index (χ3v) is 8.43. The number of imidazole rings is 1. The first-order valence-electron chi connectivity index (χ1n) is 17.9. The minimum absolute atomic E-state index is 0.109. The molecule has 0 aliphatic rings. The number of amides is 8. The number of carboxylic acid groups (broad SMARTS) is 1. The number of nitrogens with two attached hydrogens (primary N) is 3. The van der Waals surface area contributed by atoms with Crippen molar-refractivity contribution in [2.45, 2.75) is 95.2 Å². The normalized spacial score (nSPS) is 14.6. The van der Waals surface area contributed by atoms with E-state index in [1.165, 1.54) is 43.7 Å². The topological polar surface area (TPSA) is 393 Å². The summed E-state index contributed by atoms with van der Waals surface area (Å²) < 4.78 is 0. The molecule has 0 unspecified atom stereocenters. The molecular weight excluding hydrogens is 766 g/mol. The molecule has 58 heavy (non-hydrogen) atoms. The van der Waals surface area contributed by atoms with E-state index >= 15 is 0 Å². The highest BCUT2D eigenvalue weighted by molar-refractivity contribution is 5.97. The summed E-state index contributed by atoms with van der Waals surface area (Å²) in [7, 11) is 0. The fourth-order valence-electron chi connectivity index (χ4n) is 5.22. The van der Waals surface area contributed by atoms with Gasteiger partial charge in [0, 0.05) is 31.2 Å². The number of aromatic hydroxyl groups is 1. The number of phenols is 1. The molecule has 318 valence electrons. The molecule has 1 aromatic heterocycles. The molecule has 0 bridgehead atoms. The number of carbonyl (C=O) groups excluding carboxylic acids is 8. The predicted octanol–water partition coefficient (Wildman–Crippen LogP) is -4.97. The van der Waals surface area contributed by atoms with Crippen molar-refractivity contribution in [1.82, 2.24) is 41.9 Å². The number of carboxylic acids is 1. The Morgan fingerprint density at radius 2 is 1.21 bits per heavy atom. The monoisotopic (exact) mass is 817 g/mol. The Balaban J connectivity index is 2.45. The molecule has 2 rings (SSSR count). The van der Waals surface area contributed by atoms with Gasteiger partial charge in [0.25, 0.3) is 0 Å². The van der Waals surface area contributed by atoms with Crippen LogP contribution in [0, 0.1) is 5.92 Å². The minimum atomic E-state index is -1.82. The van der Waals surface area contributed by atoms with E-state index in [1.54, 1.807) is 13.8 Å². The molecule has 0 aliphatic heterocycles. The van der Waals surface area contributed by atoms with E-state index < -0.39 is 127 Å². The lowest BCUT2D eigenvalue weighted by Gasteiger charge is -2.28. The van der Waals surface area contributed by atoms with Crippen LogP contribution in [-0.4, -0.2) is 127 Å². The quantitative estimate of drug-likeness (QED) is 0.0472. The summed E-state index contributed by atoms with van der Waals surface area (Å²) in [5.41, 5.74) is 16.8. The molecule has 0 spiro atoms. The van der Waals surface area contributed by atoms with Gasteiger partial charge in [-0.3, -0.25) is 38.4 Å². The van der Waals surface area contributed by atoms with Crippen LogP contribution in [0.3, 0.4) is 0 Å². The molecular formula is C35H51N11O12. The Bertz CT molecular complexity index is 1770. The van der Waals surface area contributed by atoms with Gasteiger partial charge in [-0.1, -0.05) is 26.0 Å². The van der Waals surface area contributed by atoms with E-state index in [4.69, 9.17) is 17.2 Å². The highest BCUT2D eigenvalue weighted by Crippen LogP contribution is 2.13. The maximum absolute atomic E-state index is 14.0. The van der Waals surface area contributed by atoms with E-state index in [0.29, 0.717) is 11.3 Å². The predicted molar refractivity (Wildman–Crippen MR) is 201 cm³/mol. The van der Waals surface area contributed by atoms with Crippen LogP contribution < -0.4 is 49.1 Å². The molecule has 2 aromatic rings. The second-order valence-electron chi connectivity index (χ2n) is 13.7. The number of hydrogen-bond donors (Lipinski definition) is 13. The van der Waals surface area contributed by atoms with Gasteiger partial charge < -0.3 is 69.4 Å². The molecule has 23 nitrogen and oxygen atoms in total. The van der Waals surface area contributed by atoms with Crippen LogP contribution in [0.2, 0.25) is 0 Å². The summed E-state index contributed by atoms with van der Waals surface area (Å²) in [4.78, 5) is 121. The zero-order valence-electron chi connectivity index (χ0n) is 32.0. The highest BCUT2D eigenvalue weighted by atomic mass is 16.4. The van der Waals surface area contributed by atoms with Crippen LogP contribution in [0.4, 0.5) is 0 Å². The number of aromatic nitrogens is 2. The number of phenolic OH excluding ortho intramolecular Hbond substituents is 1. The molecule has 0 radical (unpaired) electrons. The van der Waals surface area contributed by atoms with E-state index in [9.17, 15) is 58.5 Å². The van der Waals surface area contributed by atoms with Crippen molar-refractivity contribution in [2.75, 3.05) is 6.61 Å². The first-order valence-corrected chi connectivity index (χ1v) is 17.9. The smallest absolute Gasteiger partial charge is 0.326 e. The van der Waals surface area contributed by atoms with Crippen LogP contribution in [-0.2, 0) is 56.0 Å². The molecule has 1 aromatic carbocycles. The van der Waals surface area contributed by atoms with Crippen molar-refractivity contribution in [1.29, 1.82) is 0 Å². The largest absolute Gasteiger partial charge is 0.508 e. The average Bonchev–Trinajstić information content (AvgIpc) is 3.66. The van der Waals surface area contributed by atoms with Crippen LogP contribution in [0.5, 0.6) is 5.75 Å². The Morgan fingerprint density at radius 3 is 1.71 bits per heavy atom. The molecule has 7 atom stereocenters. The van der Waals surface area contributed by atoms with Crippen molar-refractivity contribution in [3.8, 4) is 5.75 Å². The minimum Gasteiger partial charge on any atom is -0.508 e. The van der Waals surface area contributed by atoms with Gasteiger partial charge in [-0.2, -0.15) is 0 Å². The molecule has 0 fully saturated rings. The summed E-state index contributed by atoms with van der Waals surface area (Å²) in [6, 6.07) is -4.73. The second kappa shape index (κ2) is 22.8. The van der Waals surface area contributed by atoms with E-state index in [-0.39, 0.29) is 18.6 Å². The second-order valence-corrected chi connectivity index (χ2v) is 13.7.